The maximum atomic E-state index is 12.2. The van der Waals surface area contributed by atoms with Gasteiger partial charge in [-0.25, -0.2) is 4.98 Å². The fourth-order valence-corrected chi connectivity index (χ4v) is 2.51. The fraction of sp³-hybridized carbons (Fsp3) is 0.583. The van der Waals surface area contributed by atoms with E-state index in [1.807, 2.05) is 0 Å². The molecule has 2 unspecified atom stereocenters. The van der Waals surface area contributed by atoms with Crippen LogP contribution in [0, 0.1) is 0 Å². The standard InChI is InChI=1S/C12H17N5O2/c18-11-2-1-7(4-14-11)17-12(19)9-3-8-10(5-13-9)16-6-15-8/h6-7,9,13H,1-5H2,(H,14,18)(H,15,16)(H,17,19). The molecule has 0 aromatic carbocycles. The van der Waals surface area contributed by atoms with Crippen LogP contribution in [0.15, 0.2) is 6.33 Å². The van der Waals surface area contributed by atoms with Crippen LogP contribution < -0.4 is 16.0 Å². The number of carbonyl (C=O) groups is 2. The predicted octanol–water partition coefficient (Wildman–Crippen LogP) is -1.18. The van der Waals surface area contributed by atoms with Crippen molar-refractivity contribution in [3.05, 3.63) is 17.7 Å². The van der Waals surface area contributed by atoms with Gasteiger partial charge < -0.3 is 15.6 Å². The zero-order chi connectivity index (χ0) is 13.2. The molecule has 0 bridgehead atoms. The van der Waals surface area contributed by atoms with Gasteiger partial charge in [0.15, 0.2) is 0 Å². The van der Waals surface area contributed by atoms with Gasteiger partial charge >= 0.3 is 0 Å². The molecule has 19 heavy (non-hydrogen) atoms. The first kappa shape index (κ1) is 12.2. The first-order valence-corrected chi connectivity index (χ1v) is 6.54. The molecule has 7 nitrogen and oxygen atoms in total. The molecule has 1 aromatic heterocycles. The van der Waals surface area contributed by atoms with E-state index in [0.717, 1.165) is 11.4 Å². The molecule has 0 saturated carbocycles. The summed E-state index contributed by atoms with van der Waals surface area (Å²) >= 11 is 0. The third kappa shape index (κ3) is 2.60. The number of hydrogen-bond donors (Lipinski definition) is 4. The van der Waals surface area contributed by atoms with E-state index >= 15 is 0 Å². The summed E-state index contributed by atoms with van der Waals surface area (Å²) in [5.41, 5.74) is 2.00. The molecule has 2 atom stereocenters. The van der Waals surface area contributed by atoms with Crippen molar-refractivity contribution in [3.63, 3.8) is 0 Å². The average Bonchev–Trinajstić information content (AvgIpc) is 2.88. The first-order valence-electron chi connectivity index (χ1n) is 6.54. The number of piperidine rings is 1. The smallest absolute Gasteiger partial charge is 0.237 e. The topological polar surface area (TPSA) is 98.9 Å². The molecule has 102 valence electrons. The van der Waals surface area contributed by atoms with Crippen LogP contribution in [0.1, 0.15) is 24.2 Å². The quantitative estimate of drug-likeness (QED) is 0.539. The Morgan fingerprint density at radius 3 is 3.16 bits per heavy atom. The van der Waals surface area contributed by atoms with Gasteiger partial charge in [0.2, 0.25) is 11.8 Å². The Labute approximate surface area is 110 Å². The molecular weight excluding hydrogens is 246 g/mol. The number of nitrogens with zero attached hydrogens (tertiary/aromatic N) is 1. The minimum atomic E-state index is -0.242. The van der Waals surface area contributed by atoms with Crippen molar-refractivity contribution in [2.45, 2.75) is 37.9 Å². The van der Waals surface area contributed by atoms with Gasteiger partial charge in [0.25, 0.3) is 0 Å². The van der Waals surface area contributed by atoms with Crippen LogP contribution in [-0.2, 0) is 22.6 Å². The zero-order valence-corrected chi connectivity index (χ0v) is 10.5. The molecule has 3 heterocycles. The summed E-state index contributed by atoms with van der Waals surface area (Å²) in [6.45, 7) is 1.15. The fourth-order valence-electron chi connectivity index (χ4n) is 2.51. The van der Waals surface area contributed by atoms with Crippen LogP contribution >= 0.6 is 0 Å². The van der Waals surface area contributed by atoms with Crippen LogP contribution in [-0.4, -0.2) is 40.4 Å². The summed E-state index contributed by atoms with van der Waals surface area (Å²) < 4.78 is 0. The Morgan fingerprint density at radius 2 is 2.37 bits per heavy atom. The Hall–Kier alpha value is -1.89. The Balaban J connectivity index is 1.55. The number of aromatic amines is 1. The van der Waals surface area contributed by atoms with Crippen LogP contribution in [0.2, 0.25) is 0 Å². The molecule has 2 aliphatic heterocycles. The highest BCUT2D eigenvalue weighted by Crippen LogP contribution is 2.12. The molecule has 0 spiro atoms. The average molecular weight is 263 g/mol. The maximum Gasteiger partial charge on any atom is 0.237 e. The lowest BCUT2D eigenvalue weighted by molar-refractivity contribution is -0.126. The van der Waals surface area contributed by atoms with E-state index in [1.54, 1.807) is 6.33 Å². The Morgan fingerprint density at radius 1 is 1.47 bits per heavy atom. The summed E-state index contributed by atoms with van der Waals surface area (Å²) in [4.78, 5) is 30.5. The number of fused-ring (bicyclic) bond motifs is 1. The Kier molecular flexibility index (Phi) is 3.20. The molecule has 7 heteroatoms. The SMILES string of the molecule is O=C1CCC(NC(=O)C2Cc3nc[nH]c3CN2)CN1. The van der Waals surface area contributed by atoms with Crippen molar-refractivity contribution in [2.75, 3.05) is 6.54 Å². The number of carbonyl (C=O) groups excluding carboxylic acids is 2. The number of imidazole rings is 1. The number of nitrogens with one attached hydrogen (secondary N) is 4. The van der Waals surface area contributed by atoms with Gasteiger partial charge in [-0.05, 0) is 6.42 Å². The van der Waals surface area contributed by atoms with Gasteiger partial charge in [-0.1, -0.05) is 0 Å². The molecule has 1 saturated heterocycles. The van der Waals surface area contributed by atoms with Crippen LogP contribution in [0.4, 0.5) is 0 Å². The monoisotopic (exact) mass is 263 g/mol. The van der Waals surface area contributed by atoms with Gasteiger partial charge in [-0.2, -0.15) is 0 Å². The summed E-state index contributed by atoms with van der Waals surface area (Å²) in [5.74, 6) is 0.0391. The third-order valence-electron chi connectivity index (χ3n) is 3.66. The highest BCUT2D eigenvalue weighted by Gasteiger charge is 2.28. The van der Waals surface area contributed by atoms with E-state index in [0.29, 0.717) is 32.4 Å². The molecule has 2 aliphatic rings. The van der Waals surface area contributed by atoms with Crippen molar-refractivity contribution >= 4 is 11.8 Å². The highest BCUT2D eigenvalue weighted by molar-refractivity contribution is 5.83. The Bertz CT molecular complexity index is 488. The van der Waals surface area contributed by atoms with Crippen LogP contribution in [0.5, 0.6) is 0 Å². The van der Waals surface area contributed by atoms with E-state index < -0.39 is 0 Å². The van der Waals surface area contributed by atoms with Gasteiger partial charge in [0.05, 0.1) is 23.8 Å². The molecule has 1 fully saturated rings. The second kappa shape index (κ2) is 5.00. The molecule has 3 rings (SSSR count). The number of amides is 2. The van der Waals surface area contributed by atoms with Crippen LogP contribution in [0.25, 0.3) is 0 Å². The van der Waals surface area contributed by atoms with Gasteiger partial charge in [0.1, 0.15) is 0 Å². The minimum Gasteiger partial charge on any atom is -0.354 e. The maximum absolute atomic E-state index is 12.2. The second-order valence-electron chi connectivity index (χ2n) is 5.01. The molecule has 0 aliphatic carbocycles. The third-order valence-corrected chi connectivity index (χ3v) is 3.66. The van der Waals surface area contributed by atoms with E-state index in [-0.39, 0.29) is 23.9 Å². The van der Waals surface area contributed by atoms with E-state index in [1.165, 1.54) is 0 Å². The molecule has 0 radical (unpaired) electrons. The highest BCUT2D eigenvalue weighted by atomic mass is 16.2. The summed E-state index contributed by atoms with van der Waals surface area (Å²) in [5, 5.41) is 8.93. The minimum absolute atomic E-state index is 0.0187. The zero-order valence-electron chi connectivity index (χ0n) is 10.5. The largest absolute Gasteiger partial charge is 0.354 e. The lowest BCUT2D eigenvalue weighted by atomic mass is 10.0. The number of H-pyrrole nitrogens is 1. The molecule has 4 N–H and O–H groups in total. The van der Waals surface area contributed by atoms with E-state index in [9.17, 15) is 9.59 Å². The predicted molar refractivity (Wildman–Crippen MR) is 67.1 cm³/mol. The van der Waals surface area contributed by atoms with E-state index in [4.69, 9.17) is 0 Å². The van der Waals surface area contributed by atoms with Crippen LogP contribution in [0.3, 0.4) is 0 Å². The molecular formula is C12H17N5O2. The van der Waals surface area contributed by atoms with Gasteiger partial charge in [0, 0.05) is 32.0 Å². The van der Waals surface area contributed by atoms with Gasteiger partial charge in [-0.3, -0.25) is 14.9 Å². The number of rotatable bonds is 2. The molecule has 1 aromatic rings. The van der Waals surface area contributed by atoms with Crippen molar-refractivity contribution in [3.8, 4) is 0 Å². The van der Waals surface area contributed by atoms with Gasteiger partial charge in [-0.15, -0.1) is 0 Å². The number of hydrogen-bond acceptors (Lipinski definition) is 4. The molecule has 2 amide bonds. The summed E-state index contributed by atoms with van der Waals surface area (Å²) in [6.07, 6.45) is 3.44. The van der Waals surface area contributed by atoms with Crippen molar-refractivity contribution < 1.29 is 9.59 Å². The first-order chi connectivity index (χ1) is 9.22. The lowest BCUT2D eigenvalue weighted by Gasteiger charge is -2.27. The van der Waals surface area contributed by atoms with E-state index in [2.05, 4.69) is 25.9 Å². The van der Waals surface area contributed by atoms with Crippen molar-refractivity contribution in [1.29, 1.82) is 0 Å². The normalized spacial score (nSPS) is 26.4. The summed E-state index contributed by atoms with van der Waals surface area (Å²) in [6, 6.07) is -0.207. The second-order valence-corrected chi connectivity index (χ2v) is 5.01. The van der Waals surface area contributed by atoms with Crippen molar-refractivity contribution in [2.24, 2.45) is 0 Å². The summed E-state index contributed by atoms with van der Waals surface area (Å²) in [7, 11) is 0. The lowest BCUT2D eigenvalue weighted by Crippen LogP contribution is -2.54. The number of aromatic nitrogens is 2. The van der Waals surface area contributed by atoms with Crippen molar-refractivity contribution in [1.82, 2.24) is 25.9 Å².